The van der Waals surface area contributed by atoms with Crippen molar-refractivity contribution in [2.24, 2.45) is 11.3 Å². The maximum atomic E-state index is 13.9. The molecular formula is C45H51BrN8O7S2. The number of nitrogens with one attached hydrogen (secondary N) is 3. The smallest absolute Gasteiger partial charge is 0.312 e. The minimum absolute atomic E-state index is 0.0432. The molecule has 4 N–H and O–H groups in total. The second-order valence-corrected chi connectivity index (χ2v) is 21.5. The van der Waals surface area contributed by atoms with E-state index in [9.17, 15) is 28.4 Å². The number of nitrogens with zero attached hydrogens (tertiary/aromatic N) is 5. The first-order chi connectivity index (χ1) is 30.2. The van der Waals surface area contributed by atoms with Crippen molar-refractivity contribution in [3.05, 3.63) is 105 Å². The van der Waals surface area contributed by atoms with E-state index in [2.05, 4.69) is 75.0 Å². The molecule has 2 saturated heterocycles. The zero-order valence-corrected chi connectivity index (χ0v) is 38.2. The molecule has 15 nitrogen and oxygen atoms in total. The Labute approximate surface area is 379 Å². The number of benzene rings is 2. The first-order valence-corrected chi connectivity index (χ1v) is 24.9. The van der Waals surface area contributed by atoms with Gasteiger partial charge in [-0.15, -0.1) is 0 Å². The fraction of sp³-hybridized carbons (Fsp3) is 0.444. The Bertz CT molecular complexity index is 2620. The van der Waals surface area contributed by atoms with Crippen LogP contribution >= 0.6 is 27.7 Å². The third-order valence-corrected chi connectivity index (χ3v) is 16.6. The highest BCUT2D eigenvalue weighted by Crippen LogP contribution is 2.54. The molecule has 0 bridgehead atoms. The highest BCUT2D eigenvalue weighted by molar-refractivity contribution is 9.10. The molecule has 2 saturated carbocycles. The normalized spacial score (nSPS) is 23.0. The van der Waals surface area contributed by atoms with Crippen molar-refractivity contribution >= 4 is 71.8 Å². The molecule has 2 aliphatic carbocycles. The summed E-state index contributed by atoms with van der Waals surface area (Å²) in [6, 6.07) is 19.2. The topological polar surface area (TPSA) is 196 Å². The maximum Gasteiger partial charge on any atom is 0.312 e. The average molecular weight is 960 g/mol. The van der Waals surface area contributed by atoms with Gasteiger partial charge in [0.05, 0.1) is 28.5 Å². The average Bonchev–Trinajstić information content (AvgIpc) is 3.73. The summed E-state index contributed by atoms with van der Waals surface area (Å²) in [6.45, 7) is 4.92. The second-order valence-electron chi connectivity index (χ2n) is 17.8. The van der Waals surface area contributed by atoms with Gasteiger partial charge in [0, 0.05) is 83.6 Å². The van der Waals surface area contributed by atoms with Gasteiger partial charge in [-0.2, -0.15) is 11.8 Å². The van der Waals surface area contributed by atoms with Gasteiger partial charge < -0.3 is 25.0 Å². The van der Waals surface area contributed by atoms with Crippen LogP contribution in [0.3, 0.4) is 0 Å². The Morgan fingerprint density at radius 3 is 2.59 bits per heavy atom. The third kappa shape index (κ3) is 9.41. The Morgan fingerprint density at radius 2 is 1.83 bits per heavy atom. The number of hydrogen-bond donors (Lipinski definition) is 4. The van der Waals surface area contributed by atoms with E-state index in [4.69, 9.17) is 4.74 Å². The lowest BCUT2D eigenvalue weighted by atomic mass is 9.59. The van der Waals surface area contributed by atoms with Crippen molar-refractivity contribution in [2.75, 3.05) is 47.9 Å². The molecule has 332 valence electrons. The zero-order valence-electron chi connectivity index (χ0n) is 35.0. The Morgan fingerprint density at radius 1 is 1.05 bits per heavy atom. The quantitative estimate of drug-likeness (QED) is 0.0688. The van der Waals surface area contributed by atoms with Crippen LogP contribution < -0.4 is 19.7 Å². The number of sulfonamides is 1. The minimum atomic E-state index is -4.63. The SMILES string of the molecule is C[C@]1(O)CC[C@H](CNc2ncc(S(=O)(=O)NC(=O)c3ccc(N4CCC5(CC4)CC(N4CCSC[C@@H]4c4ccccc4Br)C5)cc3Oc3cnc4[nH]ccc4c3)cc2[N+](=O)[O-])CC1. The van der Waals surface area contributed by atoms with E-state index in [1.807, 2.05) is 17.8 Å². The molecule has 2 aliphatic heterocycles. The number of ether oxygens (including phenoxy) is 1. The highest BCUT2D eigenvalue weighted by Gasteiger charge is 2.49. The summed E-state index contributed by atoms with van der Waals surface area (Å²) >= 11 is 5.83. The fourth-order valence-electron chi connectivity index (χ4n) is 9.81. The molecule has 1 amide bonds. The third-order valence-electron chi connectivity index (χ3n) is 13.6. The zero-order chi connectivity index (χ0) is 43.9. The van der Waals surface area contributed by atoms with E-state index in [0.29, 0.717) is 42.9 Å². The van der Waals surface area contributed by atoms with Crippen LogP contribution in [0.15, 0.2) is 88.6 Å². The summed E-state index contributed by atoms with van der Waals surface area (Å²) in [5.41, 5.74) is 1.85. The second kappa shape index (κ2) is 17.7. The maximum absolute atomic E-state index is 13.9. The predicted octanol–water partition coefficient (Wildman–Crippen LogP) is 8.43. The molecule has 2 aromatic carbocycles. The molecule has 4 aliphatic rings. The van der Waals surface area contributed by atoms with Gasteiger partial charge in [-0.1, -0.05) is 34.1 Å². The fourth-order valence-corrected chi connectivity index (χ4v) is 12.4. The first-order valence-electron chi connectivity index (χ1n) is 21.5. The number of aliphatic hydroxyl groups is 1. The van der Waals surface area contributed by atoms with Gasteiger partial charge in [0.25, 0.3) is 15.9 Å². The number of anilines is 2. The molecule has 18 heteroatoms. The van der Waals surface area contributed by atoms with Crippen LogP contribution in [0.1, 0.15) is 80.3 Å². The van der Waals surface area contributed by atoms with Gasteiger partial charge in [0.1, 0.15) is 22.0 Å². The number of aromatic amines is 1. The summed E-state index contributed by atoms with van der Waals surface area (Å²) < 4.78 is 37.0. The summed E-state index contributed by atoms with van der Waals surface area (Å²) in [4.78, 5) is 41.4. The van der Waals surface area contributed by atoms with Crippen LogP contribution in [0, 0.1) is 21.4 Å². The van der Waals surface area contributed by atoms with E-state index >= 15 is 0 Å². The number of rotatable bonds is 12. The lowest BCUT2D eigenvalue weighted by Gasteiger charge is -2.57. The van der Waals surface area contributed by atoms with Gasteiger partial charge in [-0.3, -0.25) is 19.8 Å². The van der Waals surface area contributed by atoms with Crippen LogP contribution in [0.4, 0.5) is 17.2 Å². The lowest BCUT2D eigenvalue weighted by molar-refractivity contribution is -0.384. The van der Waals surface area contributed by atoms with Gasteiger partial charge in [-0.05, 0) is 106 Å². The van der Waals surface area contributed by atoms with E-state index in [0.717, 1.165) is 80.2 Å². The van der Waals surface area contributed by atoms with Crippen molar-refractivity contribution < 1.29 is 28.0 Å². The minimum Gasteiger partial charge on any atom is -0.455 e. The molecule has 1 atom stereocenters. The first kappa shape index (κ1) is 43.5. The summed E-state index contributed by atoms with van der Waals surface area (Å²) in [5, 5.41) is 26.2. The molecule has 0 radical (unpaired) electrons. The number of aromatic nitrogens is 3. The molecular weight excluding hydrogens is 909 g/mol. The largest absolute Gasteiger partial charge is 0.455 e. The van der Waals surface area contributed by atoms with Gasteiger partial charge in [0.15, 0.2) is 0 Å². The molecule has 9 rings (SSSR count). The van der Waals surface area contributed by atoms with E-state index in [1.165, 1.54) is 29.1 Å². The predicted molar refractivity (Wildman–Crippen MR) is 247 cm³/mol. The number of piperidine rings is 1. The molecule has 4 fully saturated rings. The van der Waals surface area contributed by atoms with Gasteiger partial charge in [0.2, 0.25) is 5.82 Å². The van der Waals surface area contributed by atoms with Crippen LogP contribution in [-0.2, 0) is 10.0 Å². The van der Waals surface area contributed by atoms with Crippen molar-refractivity contribution in [2.45, 2.75) is 80.9 Å². The van der Waals surface area contributed by atoms with E-state index in [1.54, 1.807) is 37.4 Å². The number of halogens is 1. The number of carbonyl (C=O) groups is 1. The Balaban J connectivity index is 0.899. The highest BCUT2D eigenvalue weighted by atomic mass is 79.9. The number of fused-ring (bicyclic) bond motifs is 1. The van der Waals surface area contributed by atoms with E-state index < -0.39 is 37.0 Å². The van der Waals surface area contributed by atoms with E-state index in [-0.39, 0.29) is 28.5 Å². The number of H-pyrrole nitrogens is 1. The molecule has 1 spiro atoms. The molecule has 5 aromatic rings. The van der Waals surface area contributed by atoms with Gasteiger partial charge in [-0.25, -0.2) is 23.1 Å². The number of hydrogen-bond acceptors (Lipinski definition) is 13. The number of carbonyl (C=O) groups excluding carboxylic acids is 1. The van der Waals surface area contributed by atoms with Crippen LogP contribution in [0.5, 0.6) is 11.5 Å². The van der Waals surface area contributed by atoms with Crippen LogP contribution in [0.2, 0.25) is 0 Å². The molecule has 5 heterocycles. The molecule has 63 heavy (non-hydrogen) atoms. The van der Waals surface area contributed by atoms with Gasteiger partial charge >= 0.3 is 5.69 Å². The van der Waals surface area contributed by atoms with Crippen molar-refractivity contribution in [3.8, 4) is 11.5 Å². The Kier molecular flexibility index (Phi) is 12.2. The summed E-state index contributed by atoms with van der Waals surface area (Å²) in [6.07, 6.45) is 11.4. The van der Waals surface area contributed by atoms with Crippen molar-refractivity contribution in [3.63, 3.8) is 0 Å². The number of pyridine rings is 2. The van der Waals surface area contributed by atoms with Crippen LogP contribution in [0.25, 0.3) is 11.0 Å². The lowest BCUT2D eigenvalue weighted by Crippen LogP contribution is -2.57. The molecule has 0 unspecified atom stereocenters. The number of thioether (sulfide) groups is 1. The molecule has 3 aromatic heterocycles. The monoisotopic (exact) mass is 958 g/mol. The van der Waals surface area contributed by atoms with Crippen molar-refractivity contribution in [1.82, 2.24) is 24.6 Å². The number of amides is 1. The standard InChI is InChI=1S/C45H51BrN8O7S2/c1-44(56)11-8-29(9-12-44)25-48-42-38(54(57)58)22-34(27-50-42)63(59,60)51-43(55)36-7-6-31(21-40(36)61-33-20-30-10-15-47-41(30)49-26-33)52-16-13-45(14-17-52)23-32(24-45)53-18-19-62-28-39(53)35-4-2-3-5-37(35)46/h2-7,10,15,20-22,26-27,29,32,39,56H,8-9,11-14,16-19,23-25,28H2,1H3,(H,47,49)(H,48,50)(H,51,55)/t29-,39-,44-/m1/s1. The van der Waals surface area contributed by atoms with Crippen LogP contribution in [-0.4, -0.2) is 93.5 Å². The number of nitro groups is 1. The Hall–Kier alpha value is -4.75. The summed E-state index contributed by atoms with van der Waals surface area (Å²) in [5.74, 6) is 1.85. The summed E-state index contributed by atoms with van der Waals surface area (Å²) in [7, 11) is -4.63. The van der Waals surface area contributed by atoms with Crippen molar-refractivity contribution in [1.29, 1.82) is 0 Å².